The number of carbonyl (C=O) groups excluding carboxylic acids is 1. The van der Waals surface area contributed by atoms with E-state index in [2.05, 4.69) is 15.6 Å². The number of amides is 2. The first kappa shape index (κ1) is 16.9. The molecule has 5 nitrogen and oxygen atoms in total. The van der Waals surface area contributed by atoms with Crippen LogP contribution in [-0.4, -0.2) is 29.2 Å². The molecular weight excluding hydrogens is 318 g/mol. The van der Waals surface area contributed by atoms with Crippen LogP contribution in [0, 0.1) is 6.92 Å². The van der Waals surface area contributed by atoms with Gasteiger partial charge in [0.2, 0.25) is 0 Å². The number of aromatic nitrogens is 1. The number of thiophene rings is 1. The van der Waals surface area contributed by atoms with Gasteiger partial charge in [-0.3, -0.25) is 0 Å². The average molecular weight is 339 g/mol. The largest absolute Gasteiger partial charge is 0.383 e. The normalized spacial score (nSPS) is 13.6. The summed E-state index contributed by atoms with van der Waals surface area (Å²) in [5.41, 5.74) is 0.00529. The van der Waals surface area contributed by atoms with Crippen LogP contribution in [-0.2, 0) is 12.0 Å². The maximum absolute atomic E-state index is 11.7. The first-order chi connectivity index (χ1) is 10.5. The van der Waals surface area contributed by atoms with Gasteiger partial charge in [-0.15, -0.1) is 22.7 Å². The lowest BCUT2D eigenvalue weighted by Crippen LogP contribution is -2.43. The Morgan fingerprint density at radius 2 is 2.23 bits per heavy atom. The van der Waals surface area contributed by atoms with E-state index in [9.17, 15) is 9.90 Å². The summed E-state index contributed by atoms with van der Waals surface area (Å²) in [6.07, 6.45) is 1.72. The van der Waals surface area contributed by atoms with E-state index in [1.54, 1.807) is 18.3 Å². The molecule has 2 rings (SSSR count). The number of thiazole rings is 1. The quantitative estimate of drug-likeness (QED) is 0.679. The molecule has 7 heteroatoms. The Labute approximate surface area is 138 Å². The SMILES string of the molecule is Cc1csc(CCCNC(=O)NCC(C)(O)c2cccs2)n1. The third-order valence-corrected chi connectivity index (χ3v) is 5.31. The van der Waals surface area contributed by atoms with Crippen LogP contribution in [0.1, 0.15) is 28.9 Å². The lowest BCUT2D eigenvalue weighted by Gasteiger charge is -2.22. The van der Waals surface area contributed by atoms with E-state index in [1.165, 1.54) is 11.3 Å². The first-order valence-corrected chi connectivity index (χ1v) is 8.92. The topological polar surface area (TPSA) is 74.2 Å². The van der Waals surface area contributed by atoms with Crippen molar-refractivity contribution >= 4 is 28.7 Å². The summed E-state index contributed by atoms with van der Waals surface area (Å²) in [7, 11) is 0. The summed E-state index contributed by atoms with van der Waals surface area (Å²) in [5.74, 6) is 0. The van der Waals surface area contributed by atoms with E-state index >= 15 is 0 Å². The van der Waals surface area contributed by atoms with Crippen LogP contribution >= 0.6 is 22.7 Å². The second-order valence-electron chi connectivity index (χ2n) is 5.35. The number of hydrogen-bond acceptors (Lipinski definition) is 5. The smallest absolute Gasteiger partial charge is 0.314 e. The molecule has 0 radical (unpaired) electrons. The molecule has 0 spiro atoms. The van der Waals surface area contributed by atoms with Gasteiger partial charge in [-0.05, 0) is 31.7 Å². The molecule has 2 aromatic heterocycles. The summed E-state index contributed by atoms with van der Waals surface area (Å²) in [6.45, 7) is 4.45. The molecule has 0 aliphatic rings. The molecule has 0 fully saturated rings. The van der Waals surface area contributed by atoms with Gasteiger partial charge in [-0.2, -0.15) is 0 Å². The van der Waals surface area contributed by atoms with Gasteiger partial charge in [0.15, 0.2) is 0 Å². The van der Waals surface area contributed by atoms with Gasteiger partial charge >= 0.3 is 6.03 Å². The molecule has 0 aromatic carbocycles. The van der Waals surface area contributed by atoms with E-state index < -0.39 is 5.60 Å². The van der Waals surface area contributed by atoms with Crippen LogP contribution in [0.5, 0.6) is 0 Å². The van der Waals surface area contributed by atoms with E-state index in [1.807, 2.05) is 29.8 Å². The van der Waals surface area contributed by atoms with Crippen molar-refractivity contribution in [2.45, 2.75) is 32.3 Å². The van der Waals surface area contributed by atoms with Gasteiger partial charge in [-0.25, -0.2) is 9.78 Å². The number of nitrogens with zero attached hydrogens (tertiary/aromatic N) is 1. The van der Waals surface area contributed by atoms with Crippen LogP contribution in [0.2, 0.25) is 0 Å². The van der Waals surface area contributed by atoms with Crippen molar-refractivity contribution in [3.63, 3.8) is 0 Å². The Balaban J connectivity index is 1.64. The van der Waals surface area contributed by atoms with Crippen molar-refractivity contribution < 1.29 is 9.90 Å². The minimum atomic E-state index is -1.04. The highest BCUT2D eigenvalue weighted by Crippen LogP contribution is 2.24. The van der Waals surface area contributed by atoms with E-state index in [0.29, 0.717) is 6.54 Å². The van der Waals surface area contributed by atoms with Crippen molar-refractivity contribution in [1.82, 2.24) is 15.6 Å². The van der Waals surface area contributed by atoms with E-state index in [4.69, 9.17) is 0 Å². The molecule has 2 amide bonds. The minimum absolute atomic E-state index is 0.186. The molecule has 2 aromatic rings. The van der Waals surface area contributed by atoms with Gasteiger partial charge in [-0.1, -0.05) is 6.07 Å². The molecule has 0 bridgehead atoms. The fraction of sp³-hybridized carbons (Fsp3) is 0.467. The zero-order valence-electron chi connectivity index (χ0n) is 12.8. The van der Waals surface area contributed by atoms with Gasteiger partial charge in [0.25, 0.3) is 0 Å². The highest BCUT2D eigenvalue weighted by atomic mass is 32.1. The minimum Gasteiger partial charge on any atom is -0.383 e. The highest BCUT2D eigenvalue weighted by Gasteiger charge is 2.24. The standard InChI is InChI=1S/C15H21N3O2S2/c1-11-9-22-13(18-11)6-3-7-16-14(19)17-10-15(2,20)12-5-4-8-21-12/h4-5,8-9,20H,3,6-7,10H2,1-2H3,(H2,16,17,19). The third kappa shape index (κ3) is 5.08. The summed E-state index contributed by atoms with van der Waals surface area (Å²) in [6, 6.07) is 3.49. The van der Waals surface area contributed by atoms with Crippen molar-refractivity contribution in [2.24, 2.45) is 0 Å². The van der Waals surface area contributed by atoms with Crippen molar-refractivity contribution in [1.29, 1.82) is 0 Å². The number of rotatable bonds is 7. The Hall–Kier alpha value is -1.44. The van der Waals surface area contributed by atoms with Crippen molar-refractivity contribution in [3.8, 4) is 0 Å². The van der Waals surface area contributed by atoms with Crippen molar-refractivity contribution in [2.75, 3.05) is 13.1 Å². The predicted molar refractivity (Wildman–Crippen MR) is 90.5 cm³/mol. The Morgan fingerprint density at radius 3 is 2.86 bits per heavy atom. The lowest BCUT2D eigenvalue weighted by atomic mass is 10.1. The number of aliphatic hydroxyl groups is 1. The van der Waals surface area contributed by atoms with Crippen LogP contribution in [0.3, 0.4) is 0 Å². The fourth-order valence-electron chi connectivity index (χ4n) is 1.95. The monoisotopic (exact) mass is 339 g/mol. The first-order valence-electron chi connectivity index (χ1n) is 7.16. The Bertz CT molecular complexity index is 594. The molecule has 0 aliphatic heterocycles. The number of carbonyl (C=O) groups is 1. The summed E-state index contributed by atoms with van der Waals surface area (Å²) in [4.78, 5) is 17.0. The van der Waals surface area contributed by atoms with Gasteiger partial charge in [0.05, 0.1) is 11.6 Å². The second-order valence-corrected chi connectivity index (χ2v) is 7.24. The molecule has 120 valence electrons. The molecule has 0 saturated heterocycles. The second kappa shape index (κ2) is 7.71. The summed E-state index contributed by atoms with van der Waals surface area (Å²) in [5, 5.41) is 20.8. The van der Waals surface area contributed by atoms with Gasteiger partial charge in [0, 0.05) is 28.9 Å². The van der Waals surface area contributed by atoms with Crippen molar-refractivity contribution in [3.05, 3.63) is 38.5 Å². The number of urea groups is 1. The number of nitrogens with one attached hydrogen (secondary N) is 2. The van der Waals surface area contributed by atoms with Crippen LogP contribution in [0.25, 0.3) is 0 Å². The molecule has 22 heavy (non-hydrogen) atoms. The molecule has 2 heterocycles. The number of aryl methyl sites for hydroxylation is 2. The molecule has 0 saturated carbocycles. The molecular formula is C15H21N3O2S2. The molecule has 1 atom stereocenters. The predicted octanol–water partition coefficient (Wildman–Crippen LogP) is 2.65. The fourth-order valence-corrected chi connectivity index (χ4v) is 3.55. The maximum Gasteiger partial charge on any atom is 0.314 e. The van der Waals surface area contributed by atoms with E-state index in [0.717, 1.165) is 28.4 Å². The summed E-state index contributed by atoms with van der Waals surface area (Å²) < 4.78 is 0. The Kier molecular flexibility index (Phi) is 5.93. The Morgan fingerprint density at radius 1 is 1.41 bits per heavy atom. The summed E-state index contributed by atoms with van der Waals surface area (Å²) >= 11 is 3.12. The molecule has 1 unspecified atom stereocenters. The van der Waals surface area contributed by atoms with Crippen LogP contribution < -0.4 is 10.6 Å². The van der Waals surface area contributed by atoms with Crippen LogP contribution in [0.15, 0.2) is 22.9 Å². The van der Waals surface area contributed by atoms with Crippen LogP contribution in [0.4, 0.5) is 4.79 Å². The highest BCUT2D eigenvalue weighted by molar-refractivity contribution is 7.10. The molecule has 3 N–H and O–H groups in total. The molecule has 0 aliphatic carbocycles. The van der Waals surface area contributed by atoms with E-state index in [-0.39, 0.29) is 12.6 Å². The third-order valence-electron chi connectivity index (χ3n) is 3.16. The number of hydrogen-bond donors (Lipinski definition) is 3. The van der Waals surface area contributed by atoms with Gasteiger partial charge < -0.3 is 15.7 Å². The zero-order valence-corrected chi connectivity index (χ0v) is 14.4. The lowest BCUT2D eigenvalue weighted by molar-refractivity contribution is 0.0631. The van der Waals surface area contributed by atoms with Gasteiger partial charge in [0.1, 0.15) is 5.60 Å². The zero-order chi connectivity index (χ0) is 16.0. The average Bonchev–Trinajstić information content (AvgIpc) is 3.13. The maximum atomic E-state index is 11.7.